The molecule has 0 heteroatoms. The van der Waals surface area contributed by atoms with Crippen LogP contribution in [0.3, 0.4) is 0 Å². The molecule has 0 aromatic heterocycles. The summed E-state index contributed by atoms with van der Waals surface area (Å²) in [6, 6.07) is 27.1. The molecule has 2 aliphatic rings. The van der Waals surface area contributed by atoms with Crippen LogP contribution < -0.4 is 0 Å². The van der Waals surface area contributed by atoms with E-state index in [2.05, 4.69) is 100 Å². The summed E-state index contributed by atoms with van der Waals surface area (Å²) in [5.74, 6) is 0. The predicted octanol–water partition coefficient (Wildman–Crippen LogP) is 12.0. The van der Waals surface area contributed by atoms with Crippen molar-refractivity contribution >= 4 is 0 Å². The molecule has 0 bridgehead atoms. The zero-order valence-electron chi connectivity index (χ0n) is 20.3. The van der Waals surface area contributed by atoms with Gasteiger partial charge in [-0.2, -0.15) is 0 Å². The lowest BCUT2D eigenvalue weighted by atomic mass is 10.0. The maximum absolute atomic E-state index is 2.31. The maximum Gasteiger partial charge on any atom is -0.00133 e. The number of benzene rings is 4. The third-order valence-corrected chi connectivity index (χ3v) is 6.39. The Morgan fingerprint density at radius 1 is 0.351 bits per heavy atom. The van der Waals surface area contributed by atoms with Crippen molar-refractivity contribution in [2.75, 3.05) is 0 Å². The second-order valence-corrected chi connectivity index (χ2v) is 9.00. The summed E-state index contributed by atoms with van der Waals surface area (Å²) in [4.78, 5) is 0. The highest BCUT2D eigenvalue weighted by Gasteiger charge is 2.18. The van der Waals surface area contributed by atoms with Crippen LogP contribution in [0.4, 0.5) is 0 Å². The molecular formula is C37H54. The molecule has 0 unspecified atom stereocenters. The van der Waals surface area contributed by atoms with Gasteiger partial charge in [0.25, 0.3) is 0 Å². The van der Waals surface area contributed by atoms with E-state index in [9.17, 15) is 0 Å². The summed E-state index contributed by atoms with van der Waals surface area (Å²) < 4.78 is 0. The lowest BCUT2D eigenvalue weighted by Gasteiger charge is -2.01. The van der Waals surface area contributed by atoms with Crippen molar-refractivity contribution in [3.8, 4) is 22.3 Å². The largest absolute Gasteiger partial charge is 0.0776 e. The van der Waals surface area contributed by atoms with Gasteiger partial charge in [0.05, 0.1) is 0 Å². The maximum atomic E-state index is 2.31. The molecule has 0 fully saturated rings. The summed E-state index contributed by atoms with van der Waals surface area (Å²) in [5, 5.41) is 0. The van der Waals surface area contributed by atoms with E-state index in [0.717, 1.165) is 12.8 Å². The van der Waals surface area contributed by atoms with Gasteiger partial charge in [0.15, 0.2) is 0 Å². The van der Waals surface area contributed by atoms with Crippen LogP contribution in [0.25, 0.3) is 22.3 Å². The van der Waals surface area contributed by atoms with E-state index >= 15 is 0 Å². The Labute approximate surface area is 230 Å². The Morgan fingerprint density at radius 2 is 0.541 bits per heavy atom. The molecule has 0 heterocycles. The average molecular weight is 499 g/mol. The van der Waals surface area contributed by atoms with Gasteiger partial charge in [-0.05, 0) is 85.0 Å². The lowest BCUT2D eigenvalue weighted by Crippen LogP contribution is -1.81. The van der Waals surface area contributed by atoms with E-state index in [4.69, 9.17) is 0 Å². The molecule has 0 spiro atoms. The minimum atomic E-state index is 0. The van der Waals surface area contributed by atoms with E-state index in [0.29, 0.717) is 0 Å². The molecule has 4 aromatic rings. The van der Waals surface area contributed by atoms with Gasteiger partial charge in [-0.3, -0.25) is 0 Å². The van der Waals surface area contributed by atoms with Crippen LogP contribution >= 0.6 is 0 Å². The highest BCUT2D eigenvalue weighted by atomic mass is 14.2. The van der Waals surface area contributed by atoms with Crippen LogP contribution in [0.2, 0.25) is 0 Å². The van der Waals surface area contributed by atoms with Crippen molar-refractivity contribution in [2.45, 2.75) is 91.5 Å². The first-order valence-corrected chi connectivity index (χ1v) is 11.9. The molecule has 0 radical (unpaired) electrons. The van der Waals surface area contributed by atoms with Gasteiger partial charge in [0, 0.05) is 0 Å². The van der Waals surface area contributed by atoms with Gasteiger partial charge < -0.3 is 0 Å². The van der Waals surface area contributed by atoms with Crippen LogP contribution in [0.1, 0.15) is 95.5 Å². The molecule has 0 saturated carbocycles. The van der Waals surface area contributed by atoms with Crippen molar-refractivity contribution in [2.24, 2.45) is 0 Å². The predicted molar refractivity (Wildman–Crippen MR) is 173 cm³/mol. The van der Waals surface area contributed by atoms with Gasteiger partial charge in [-0.1, -0.05) is 146 Å². The Morgan fingerprint density at radius 3 is 0.730 bits per heavy atom. The van der Waals surface area contributed by atoms with E-state index in [1.807, 2.05) is 13.8 Å². The molecule has 0 N–H and O–H groups in total. The van der Waals surface area contributed by atoms with Crippen LogP contribution in [0, 0.1) is 27.7 Å². The standard InChI is InChI=1S/2C15H14.C2H6.5CH4/c2*1-10-3-5-14-12(7-10)9-13-8-11(2)4-6-15(13)14;1-2;;;;;/h2*3-8H,9H2,1-2H3;1-2H3;5*1H4. The van der Waals surface area contributed by atoms with E-state index in [-0.39, 0.29) is 37.1 Å². The summed E-state index contributed by atoms with van der Waals surface area (Å²) >= 11 is 0. The van der Waals surface area contributed by atoms with Gasteiger partial charge >= 0.3 is 0 Å². The molecule has 37 heavy (non-hydrogen) atoms. The second kappa shape index (κ2) is 15.2. The second-order valence-electron chi connectivity index (χ2n) is 9.00. The number of hydrogen-bond donors (Lipinski definition) is 0. The summed E-state index contributed by atoms with van der Waals surface area (Å²) in [5.41, 5.74) is 17.1. The SMILES string of the molecule is C.C.C.C.C.CC.Cc1ccc2c(c1)Cc1cc(C)ccc1-2.Cc1ccc2c(c1)Cc1cc(C)ccc1-2. The van der Waals surface area contributed by atoms with Crippen molar-refractivity contribution in [1.29, 1.82) is 0 Å². The highest BCUT2D eigenvalue weighted by molar-refractivity contribution is 5.78. The summed E-state index contributed by atoms with van der Waals surface area (Å²) in [7, 11) is 0. The third kappa shape index (κ3) is 7.45. The lowest BCUT2D eigenvalue weighted by molar-refractivity contribution is 1.24. The molecule has 6 rings (SSSR count). The van der Waals surface area contributed by atoms with Gasteiger partial charge in [0.2, 0.25) is 0 Å². The first-order valence-electron chi connectivity index (χ1n) is 11.9. The minimum absolute atomic E-state index is 0. The van der Waals surface area contributed by atoms with Crippen molar-refractivity contribution < 1.29 is 0 Å². The monoisotopic (exact) mass is 498 g/mol. The normalized spacial score (nSPS) is 10.2. The van der Waals surface area contributed by atoms with Gasteiger partial charge in [-0.15, -0.1) is 0 Å². The Bertz CT molecular complexity index is 1070. The molecule has 202 valence electrons. The quantitative estimate of drug-likeness (QED) is 0.195. The third-order valence-electron chi connectivity index (χ3n) is 6.39. The molecule has 0 atom stereocenters. The molecule has 2 aliphatic carbocycles. The first kappa shape index (κ1) is 36.0. The van der Waals surface area contributed by atoms with Crippen LogP contribution in [0.15, 0.2) is 72.8 Å². The zero-order chi connectivity index (χ0) is 22.8. The number of rotatable bonds is 0. The molecule has 0 saturated heterocycles. The summed E-state index contributed by atoms with van der Waals surface area (Å²) in [6.07, 6.45) is 2.21. The molecule has 0 aliphatic heterocycles. The van der Waals surface area contributed by atoms with E-state index in [1.165, 1.54) is 66.8 Å². The fourth-order valence-electron chi connectivity index (χ4n) is 4.94. The fraction of sp³-hybridized carbons (Fsp3) is 0.351. The van der Waals surface area contributed by atoms with E-state index < -0.39 is 0 Å². The van der Waals surface area contributed by atoms with Crippen molar-refractivity contribution in [3.63, 3.8) is 0 Å². The summed E-state index contributed by atoms with van der Waals surface area (Å²) in [6.45, 7) is 12.6. The van der Waals surface area contributed by atoms with Crippen molar-refractivity contribution in [3.05, 3.63) is 117 Å². The van der Waals surface area contributed by atoms with Crippen molar-refractivity contribution in [1.82, 2.24) is 0 Å². The first-order chi connectivity index (χ1) is 15.5. The van der Waals surface area contributed by atoms with Gasteiger partial charge in [0.1, 0.15) is 0 Å². The zero-order valence-corrected chi connectivity index (χ0v) is 20.3. The Kier molecular flexibility index (Phi) is 14.8. The molecular weight excluding hydrogens is 444 g/mol. The molecule has 0 amide bonds. The van der Waals surface area contributed by atoms with Gasteiger partial charge in [-0.25, -0.2) is 0 Å². The number of hydrogen-bond acceptors (Lipinski definition) is 0. The van der Waals surface area contributed by atoms with Crippen LogP contribution in [-0.2, 0) is 12.8 Å². The Balaban J connectivity index is 0. The fourth-order valence-corrected chi connectivity index (χ4v) is 4.94. The molecule has 0 nitrogen and oxygen atoms in total. The number of aryl methyl sites for hydroxylation is 4. The average Bonchev–Trinajstić information content (AvgIpc) is 3.30. The van der Waals surface area contributed by atoms with Crippen LogP contribution in [0.5, 0.6) is 0 Å². The topological polar surface area (TPSA) is 0 Å². The van der Waals surface area contributed by atoms with E-state index in [1.54, 1.807) is 0 Å². The number of fused-ring (bicyclic) bond motifs is 6. The Hall–Kier alpha value is -3.12. The smallest absolute Gasteiger partial charge is 0.00133 e. The van der Waals surface area contributed by atoms with Crippen LogP contribution in [-0.4, -0.2) is 0 Å². The highest BCUT2D eigenvalue weighted by Crippen LogP contribution is 2.38. The molecule has 4 aromatic carbocycles. The minimum Gasteiger partial charge on any atom is -0.0776 e.